The summed E-state index contributed by atoms with van der Waals surface area (Å²) < 4.78 is 0. The molecule has 0 aliphatic carbocycles. The third-order valence-electron chi connectivity index (χ3n) is 3.35. The molecule has 2 heterocycles. The summed E-state index contributed by atoms with van der Waals surface area (Å²) in [7, 11) is 0. The molecule has 0 atom stereocenters. The molecule has 0 spiro atoms. The molecule has 0 aliphatic heterocycles. The molecular formula is C17H12ClN5O. The van der Waals surface area contributed by atoms with Crippen molar-refractivity contribution in [2.24, 2.45) is 10.9 Å². The van der Waals surface area contributed by atoms with Gasteiger partial charge < -0.3 is 16.7 Å². The fourth-order valence-electron chi connectivity index (χ4n) is 2.14. The molecule has 0 radical (unpaired) electrons. The highest BCUT2D eigenvalue weighted by Crippen LogP contribution is 2.24. The van der Waals surface area contributed by atoms with Crippen LogP contribution in [0.25, 0.3) is 10.8 Å². The van der Waals surface area contributed by atoms with Crippen molar-refractivity contribution in [1.82, 2.24) is 9.97 Å². The van der Waals surface area contributed by atoms with Gasteiger partial charge in [0.1, 0.15) is 11.5 Å². The van der Waals surface area contributed by atoms with Gasteiger partial charge in [-0.2, -0.15) is 0 Å². The second-order valence-corrected chi connectivity index (χ2v) is 5.35. The minimum absolute atomic E-state index is 0.0633. The molecule has 6 nitrogen and oxygen atoms in total. The molecule has 7 heteroatoms. The number of aromatic nitrogens is 2. The summed E-state index contributed by atoms with van der Waals surface area (Å²) >= 11 is 6.06. The summed E-state index contributed by atoms with van der Waals surface area (Å²) in [6.45, 7) is 0. The van der Waals surface area contributed by atoms with Crippen molar-refractivity contribution in [2.75, 3.05) is 5.73 Å². The molecule has 24 heavy (non-hydrogen) atoms. The van der Waals surface area contributed by atoms with Crippen LogP contribution in [-0.4, -0.2) is 21.0 Å². The molecule has 0 amide bonds. The molecule has 5 N–H and O–H groups in total. The number of amidine groups is 1. The quantitative estimate of drug-likeness (QED) is 0.207. The third-order valence-corrected chi connectivity index (χ3v) is 3.58. The number of hydrogen-bond acceptors (Lipinski definition) is 5. The summed E-state index contributed by atoms with van der Waals surface area (Å²) in [5, 5.41) is 13.9. The molecular weight excluding hydrogens is 326 g/mol. The summed E-state index contributed by atoms with van der Waals surface area (Å²) in [5.74, 6) is 6.26. The van der Waals surface area contributed by atoms with E-state index in [1.807, 2.05) is 6.07 Å². The number of fused-ring (bicyclic) bond motifs is 1. The number of pyridine rings is 2. The van der Waals surface area contributed by atoms with Gasteiger partial charge in [-0.15, -0.1) is 0 Å². The zero-order valence-corrected chi connectivity index (χ0v) is 13.1. The number of rotatable bonds is 1. The Bertz CT molecular complexity index is 998. The normalized spacial score (nSPS) is 11.1. The Kier molecular flexibility index (Phi) is 4.18. The van der Waals surface area contributed by atoms with E-state index in [0.717, 1.165) is 10.8 Å². The molecule has 0 unspecified atom stereocenters. The lowest BCUT2D eigenvalue weighted by atomic mass is 10.1. The van der Waals surface area contributed by atoms with E-state index in [1.54, 1.807) is 30.5 Å². The van der Waals surface area contributed by atoms with Gasteiger partial charge in [0.05, 0.1) is 5.56 Å². The highest BCUT2D eigenvalue weighted by molar-refractivity contribution is 6.31. The number of nitrogen functional groups attached to an aromatic ring is 1. The van der Waals surface area contributed by atoms with Crippen molar-refractivity contribution in [2.45, 2.75) is 0 Å². The van der Waals surface area contributed by atoms with Crippen LogP contribution in [0.5, 0.6) is 0 Å². The van der Waals surface area contributed by atoms with Gasteiger partial charge in [0, 0.05) is 33.8 Å². The van der Waals surface area contributed by atoms with Gasteiger partial charge in [-0.3, -0.25) is 4.98 Å². The molecule has 118 valence electrons. The number of halogens is 1. The predicted molar refractivity (Wildman–Crippen MR) is 93.9 cm³/mol. The van der Waals surface area contributed by atoms with Gasteiger partial charge >= 0.3 is 0 Å². The van der Waals surface area contributed by atoms with Crippen LogP contribution in [0, 0.1) is 11.8 Å². The van der Waals surface area contributed by atoms with Crippen molar-refractivity contribution >= 4 is 34.0 Å². The maximum absolute atomic E-state index is 8.63. The summed E-state index contributed by atoms with van der Waals surface area (Å²) in [6.07, 6.45) is 3.21. The Morgan fingerprint density at radius 1 is 1.12 bits per heavy atom. The minimum Gasteiger partial charge on any atom is -0.409 e. The molecule has 3 rings (SSSR count). The predicted octanol–water partition coefficient (Wildman–Crippen LogP) is 2.36. The summed E-state index contributed by atoms with van der Waals surface area (Å²) in [4.78, 5) is 8.23. The lowest BCUT2D eigenvalue weighted by Gasteiger charge is -2.04. The second-order valence-electron chi connectivity index (χ2n) is 4.92. The Morgan fingerprint density at radius 3 is 2.67 bits per heavy atom. The largest absolute Gasteiger partial charge is 0.409 e. The number of nitrogens with two attached hydrogens (primary N) is 2. The Balaban J connectivity index is 2.03. The monoisotopic (exact) mass is 337 g/mol. The van der Waals surface area contributed by atoms with Crippen LogP contribution < -0.4 is 11.5 Å². The Hall–Kier alpha value is -3.30. The van der Waals surface area contributed by atoms with Crippen molar-refractivity contribution < 1.29 is 5.21 Å². The smallest absolute Gasteiger partial charge is 0.188 e. The number of nitrogens with zero attached hydrogens (tertiary/aromatic N) is 3. The highest BCUT2D eigenvalue weighted by atomic mass is 35.5. The van der Waals surface area contributed by atoms with Crippen LogP contribution in [0.3, 0.4) is 0 Å². The Labute approximate surface area is 142 Å². The number of oxime groups is 1. The van der Waals surface area contributed by atoms with E-state index in [-0.39, 0.29) is 5.84 Å². The number of benzene rings is 1. The van der Waals surface area contributed by atoms with E-state index >= 15 is 0 Å². The van der Waals surface area contributed by atoms with Crippen LogP contribution >= 0.6 is 11.6 Å². The topological polar surface area (TPSA) is 110 Å². The third kappa shape index (κ3) is 3.07. The van der Waals surface area contributed by atoms with Crippen LogP contribution in [-0.2, 0) is 0 Å². The lowest BCUT2D eigenvalue weighted by Crippen LogP contribution is -2.14. The van der Waals surface area contributed by atoms with E-state index in [2.05, 4.69) is 27.0 Å². The molecule has 0 saturated heterocycles. The Morgan fingerprint density at radius 2 is 1.96 bits per heavy atom. The summed E-state index contributed by atoms with van der Waals surface area (Å²) in [5.41, 5.74) is 13.0. The van der Waals surface area contributed by atoms with Crippen LogP contribution in [0.1, 0.15) is 16.8 Å². The first-order valence-corrected chi connectivity index (χ1v) is 7.26. The van der Waals surface area contributed by atoms with E-state index in [0.29, 0.717) is 27.7 Å². The van der Waals surface area contributed by atoms with Crippen LogP contribution in [0.2, 0.25) is 5.02 Å². The molecule has 2 aromatic heterocycles. The number of hydrogen-bond donors (Lipinski definition) is 3. The molecule has 0 saturated carbocycles. The van der Waals surface area contributed by atoms with Gasteiger partial charge in [0.2, 0.25) is 0 Å². The zero-order valence-electron chi connectivity index (χ0n) is 12.4. The maximum atomic E-state index is 8.63. The van der Waals surface area contributed by atoms with Crippen molar-refractivity contribution in [1.29, 1.82) is 0 Å². The maximum Gasteiger partial charge on any atom is 0.188 e. The van der Waals surface area contributed by atoms with Gasteiger partial charge in [-0.05, 0) is 24.3 Å². The molecule has 0 fully saturated rings. The van der Waals surface area contributed by atoms with Gasteiger partial charge in [-0.1, -0.05) is 34.7 Å². The molecule has 0 bridgehead atoms. The fourth-order valence-corrected chi connectivity index (χ4v) is 2.31. The molecule has 1 aromatic carbocycles. The van der Waals surface area contributed by atoms with E-state index in [9.17, 15) is 0 Å². The van der Waals surface area contributed by atoms with E-state index in [1.165, 1.54) is 6.20 Å². The first-order valence-electron chi connectivity index (χ1n) is 6.88. The first-order chi connectivity index (χ1) is 11.6. The van der Waals surface area contributed by atoms with Gasteiger partial charge in [-0.25, -0.2) is 4.98 Å². The second kappa shape index (κ2) is 6.44. The SMILES string of the molecule is N/C(=N/O)c1ccc(C#Cc2c(N)ncc3ccc(Cl)cc23)cn1. The standard InChI is InChI=1S/C17H12ClN5O/c18-12-4-3-11-9-22-16(19)13(14(11)7-12)5-1-10-2-6-15(21-8-10)17(20)23-24/h2-4,6-9,24H,(H2,19,22)(H2,20,23). The highest BCUT2D eigenvalue weighted by Gasteiger charge is 2.05. The number of anilines is 1. The molecule has 3 aromatic rings. The van der Waals surface area contributed by atoms with Crippen molar-refractivity contribution in [3.8, 4) is 11.8 Å². The average Bonchev–Trinajstić information content (AvgIpc) is 2.60. The van der Waals surface area contributed by atoms with E-state index in [4.69, 9.17) is 28.3 Å². The molecule has 0 aliphatic rings. The summed E-state index contributed by atoms with van der Waals surface area (Å²) in [6, 6.07) is 8.78. The van der Waals surface area contributed by atoms with Gasteiger partial charge in [0.25, 0.3) is 0 Å². The minimum atomic E-state index is -0.0633. The average molecular weight is 338 g/mol. The van der Waals surface area contributed by atoms with Crippen LogP contribution in [0.4, 0.5) is 5.82 Å². The first kappa shape index (κ1) is 15.6. The van der Waals surface area contributed by atoms with Crippen LogP contribution in [0.15, 0.2) is 47.9 Å². The fraction of sp³-hybridized carbons (Fsp3) is 0. The zero-order chi connectivity index (χ0) is 17.1. The van der Waals surface area contributed by atoms with Gasteiger partial charge in [0.15, 0.2) is 5.84 Å². The van der Waals surface area contributed by atoms with E-state index < -0.39 is 0 Å². The lowest BCUT2D eigenvalue weighted by molar-refractivity contribution is 0.318. The van der Waals surface area contributed by atoms with Crippen molar-refractivity contribution in [3.05, 3.63) is 64.6 Å². The van der Waals surface area contributed by atoms with Crippen molar-refractivity contribution in [3.63, 3.8) is 0 Å².